The Hall–Kier alpha value is -0.940. The van der Waals surface area contributed by atoms with Crippen molar-refractivity contribution in [3.63, 3.8) is 0 Å². The summed E-state index contributed by atoms with van der Waals surface area (Å²) in [7, 11) is 1.67. The first-order valence-corrected chi connectivity index (χ1v) is 4.89. The summed E-state index contributed by atoms with van der Waals surface area (Å²) in [6, 6.07) is 0. The Balaban J connectivity index is 2.16. The minimum Gasteiger partial charge on any atom is -0.390 e. The van der Waals surface area contributed by atoms with Gasteiger partial charge < -0.3 is 9.84 Å². The van der Waals surface area contributed by atoms with E-state index in [2.05, 4.69) is 10.3 Å². The lowest BCUT2D eigenvalue weighted by atomic mass is 10.2. The topological polar surface area (TPSA) is 60.2 Å². The van der Waals surface area contributed by atoms with Gasteiger partial charge in [0.2, 0.25) is 0 Å². The number of hydrogen-bond donors (Lipinski definition) is 1. The molecule has 14 heavy (non-hydrogen) atoms. The van der Waals surface area contributed by atoms with Gasteiger partial charge in [0.1, 0.15) is 5.69 Å². The molecule has 1 aromatic heterocycles. The molecule has 1 heterocycles. The lowest BCUT2D eigenvalue weighted by molar-refractivity contribution is 0.181. The molecule has 1 N–H and O–H groups in total. The van der Waals surface area contributed by atoms with Crippen molar-refractivity contribution >= 4 is 0 Å². The Labute approximate surface area is 82.7 Å². The van der Waals surface area contributed by atoms with Crippen molar-refractivity contribution in [3.8, 4) is 0 Å². The Morgan fingerprint density at radius 2 is 2.36 bits per heavy atom. The van der Waals surface area contributed by atoms with E-state index in [4.69, 9.17) is 9.84 Å². The maximum absolute atomic E-state index is 9.09. The van der Waals surface area contributed by atoms with E-state index in [0.717, 1.165) is 17.9 Å². The molecular weight excluding hydrogens is 182 g/mol. The molecule has 1 aromatic rings. The highest BCUT2D eigenvalue weighted by molar-refractivity contribution is 5.19. The average molecular weight is 197 g/mol. The summed E-state index contributed by atoms with van der Waals surface area (Å²) in [5.41, 5.74) is 1.83. The van der Waals surface area contributed by atoms with Crippen molar-refractivity contribution in [1.29, 1.82) is 0 Å². The normalized spacial score (nSPS) is 16.1. The van der Waals surface area contributed by atoms with Crippen molar-refractivity contribution in [2.75, 3.05) is 13.7 Å². The largest absolute Gasteiger partial charge is 0.390 e. The molecule has 0 amide bonds. The smallest absolute Gasteiger partial charge is 0.112 e. The maximum Gasteiger partial charge on any atom is 0.112 e. The number of aliphatic hydroxyl groups excluding tert-OH is 1. The van der Waals surface area contributed by atoms with E-state index >= 15 is 0 Å². The Morgan fingerprint density at radius 1 is 1.57 bits per heavy atom. The lowest BCUT2D eigenvalue weighted by Crippen LogP contribution is -2.09. The predicted octanol–water partition coefficient (Wildman–Crippen LogP) is 0.294. The first-order valence-electron chi connectivity index (χ1n) is 4.89. The molecule has 2 rings (SSSR count). The predicted molar refractivity (Wildman–Crippen MR) is 49.8 cm³/mol. The molecule has 0 spiro atoms. The van der Waals surface area contributed by atoms with Crippen LogP contribution in [0.2, 0.25) is 0 Å². The van der Waals surface area contributed by atoms with Gasteiger partial charge in [-0.25, -0.2) is 4.68 Å². The Morgan fingerprint density at radius 3 is 2.93 bits per heavy atom. The molecule has 1 aliphatic carbocycles. The molecule has 1 saturated carbocycles. The molecule has 0 atom stereocenters. The fourth-order valence-electron chi connectivity index (χ4n) is 1.62. The van der Waals surface area contributed by atoms with E-state index in [-0.39, 0.29) is 6.61 Å². The van der Waals surface area contributed by atoms with Gasteiger partial charge in [-0.1, -0.05) is 5.21 Å². The highest BCUT2D eigenvalue weighted by atomic mass is 16.5. The van der Waals surface area contributed by atoms with Crippen LogP contribution in [0.1, 0.15) is 30.1 Å². The van der Waals surface area contributed by atoms with Crippen molar-refractivity contribution in [1.82, 2.24) is 15.0 Å². The second kappa shape index (κ2) is 4.06. The van der Waals surface area contributed by atoms with Gasteiger partial charge in [-0.2, -0.15) is 0 Å². The minimum atomic E-state index is -0.0151. The van der Waals surface area contributed by atoms with E-state index in [1.54, 1.807) is 7.11 Å². The SMILES string of the molecule is COCCn1nnc(CO)c1C1CC1. The van der Waals surface area contributed by atoms with Crippen molar-refractivity contribution < 1.29 is 9.84 Å². The molecule has 0 aromatic carbocycles. The molecule has 1 fully saturated rings. The zero-order valence-corrected chi connectivity index (χ0v) is 8.31. The second-order valence-corrected chi connectivity index (χ2v) is 3.57. The molecule has 0 aliphatic heterocycles. The van der Waals surface area contributed by atoms with E-state index in [0.29, 0.717) is 12.5 Å². The quantitative estimate of drug-likeness (QED) is 0.737. The molecule has 0 unspecified atom stereocenters. The zero-order chi connectivity index (χ0) is 9.97. The third-order valence-electron chi connectivity index (χ3n) is 2.47. The molecule has 0 radical (unpaired) electrons. The number of aliphatic hydroxyl groups is 1. The molecule has 5 heteroatoms. The third-order valence-corrected chi connectivity index (χ3v) is 2.47. The van der Waals surface area contributed by atoms with Gasteiger partial charge in [0.05, 0.1) is 25.5 Å². The number of nitrogens with zero attached hydrogens (tertiary/aromatic N) is 3. The van der Waals surface area contributed by atoms with Crippen molar-refractivity contribution in [2.45, 2.75) is 31.9 Å². The zero-order valence-electron chi connectivity index (χ0n) is 8.31. The van der Waals surface area contributed by atoms with Crippen LogP contribution >= 0.6 is 0 Å². The maximum atomic E-state index is 9.09. The first-order chi connectivity index (χ1) is 6.86. The summed E-state index contributed by atoms with van der Waals surface area (Å²) in [6.07, 6.45) is 2.38. The third kappa shape index (κ3) is 1.78. The monoisotopic (exact) mass is 197 g/mol. The number of ether oxygens (including phenoxy) is 1. The van der Waals surface area contributed by atoms with Crippen molar-refractivity contribution in [3.05, 3.63) is 11.4 Å². The molecule has 0 saturated heterocycles. The highest BCUT2D eigenvalue weighted by Crippen LogP contribution is 2.41. The first kappa shape index (κ1) is 9.61. The van der Waals surface area contributed by atoms with Crippen LogP contribution in [0, 0.1) is 0 Å². The van der Waals surface area contributed by atoms with Crippen molar-refractivity contribution in [2.24, 2.45) is 0 Å². The summed E-state index contributed by atoms with van der Waals surface area (Å²) in [4.78, 5) is 0. The average Bonchev–Trinajstić information content (AvgIpc) is 2.96. The number of methoxy groups -OCH3 is 1. The van der Waals surface area contributed by atoms with Crippen LogP contribution in [-0.4, -0.2) is 33.8 Å². The molecule has 0 bridgehead atoms. The minimum absolute atomic E-state index is 0.0151. The summed E-state index contributed by atoms with van der Waals surface area (Å²) in [5, 5.41) is 17.1. The summed E-state index contributed by atoms with van der Waals surface area (Å²) in [5.74, 6) is 0.559. The standard InChI is InChI=1S/C9H15N3O2/c1-14-5-4-12-9(7-2-3-7)8(6-13)10-11-12/h7,13H,2-6H2,1H3. The fraction of sp³-hybridized carbons (Fsp3) is 0.778. The van der Waals surface area contributed by atoms with Gasteiger partial charge in [-0.3, -0.25) is 0 Å². The van der Waals surface area contributed by atoms with Gasteiger partial charge >= 0.3 is 0 Å². The second-order valence-electron chi connectivity index (χ2n) is 3.57. The molecular formula is C9H15N3O2. The van der Waals surface area contributed by atoms with Crippen LogP contribution in [0.25, 0.3) is 0 Å². The van der Waals surface area contributed by atoms with Gasteiger partial charge in [0.15, 0.2) is 0 Å². The van der Waals surface area contributed by atoms with E-state index in [1.165, 1.54) is 12.8 Å². The van der Waals surface area contributed by atoms with Crippen LogP contribution in [0.3, 0.4) is 0 Å². The summed E-state index contributed by atoms with van der Waals surface area (Å²) >= 11 is 0. The highest BCUT2D eigenvalue weighted by Gasteiger charge is 2.30. The Bertz CT molecular complexity index is 307. The van der Waals surface area contributed by atoms with Gasteiger partial charge in [-0.05, 0) is 12.8 Å². The van der Waals surface area contributed by atoms with Gasteiger partial charge in [0.25, 0.3) is 0 Å². The van der Waals surface area contributed by atoms with Crippen LogP contribution in [0.4, 0.5) is 0 Å². The van der Waals surface area contributed by atoms with Crippen LogP contribution in [0.15, 0.2) is 0 Å². The fourth-order valence-corrected chi connectivity index (χ4v) is 1.62. The van der Waals surface area contributed by atoms with Crippen LogP contribution in [-0.2, 0) is 17.9 Å². The number of aromatic nitrogens is 3. The summed E-state index contributed by atoms with van der Waals surface area (Å²) in [6.45, 7) is 1.34. The van der Waals surface area contributed by atoms with Gasteiger partial charge in [0, 0.05) is 13.0 Å². The number of hydrogen-bond acceptors (Lipinski definition) is 4. The van der Waals surface area contributed by atoms with Crippen LogP contribution in [0.5, 0.6) is 0 Å². The van der Waals surface area contributed by atoms with E-state index < -0.39 is 0 Å². The number of rotatable bonds is 5. The van der Waals surface area contributed by atoms with Gasteiger partial charge in [-0.15, -0.1) is 5.10 Å². The van der Waals surface area contributed by atoms with E-state index in [9.17, 15) is 0 Å². The molecule has 5 nitrogen and oxygen atoms in total. The summed E-state index contributed by atoms with van der Waals surface area (Å²) < 4.78 is 6.85. The van der Waals surface area contributed by atoms with Crippen LogP contribution < -0.4 is 0 Å². The lowest BCUT2D eigenvalue weighted by Gasteiger charge is -2.04. The molecule has 78 valence electrons. The Kier molecular flexibility index (Phi) is 2.79. The van der Waals surface area contributed by atoms with E-state index in [1.807, 2.05) is 4.68 Å². The molecule has 1 aliphatic rings.